The van der Waals surface area contributed by atoms with Crippen LogP contribution in [0.25, 0.3) is 22.3 Å². The van der Waals surface area contributed by atoms with Crippen molar-refractivity contribution < 1.29 is 71.5 Å². The topological polar surface area (TPSA) is 0 Å². The molecule has 0 saturated carbocycles. The molecular weight excluding hydrogens is 1270 g/mol. The quantitative estimate of drug-likeness (QED) is 0.122. The Bertz CT molecular complexity index is 3270. The van der Waals surface area contributed by atoms with Crippen molar-refractivity contribution in [3.63, 3.8) is 0 Å². The molecule has 0 saturated heterocycles. The molecular formula is C80H88Cl2Si2Zr2-2. The molecule has 12 rings (SSSR count). The predicted octanol–water partition coefficient (Wildman–Crippen LogP) is 11.8. The van der Waals surface area contributed by atoms with Crippen LogP contribution in [0.1, 0.15) is 163 Å². The standard InChI is InChI=1S/2C21H25.2C14H14Si.2C5H5.2ClH.2Zr/c2*1-20(2,3)16-9-7-14-11-15-8-10-17(21(4,5)6)13-19(15)18(14)12-16;2*1-11-5-3-7-13(9-11)15-14-8-4-6-12(2)10-14;2*1-2-4-5-3-1;;;;/h2*7,9-10,12-13H,11H2,1-6H3;2*3-10H,1-2H3;2*1-3H,4H2;2*1H;;/q2*-1;;;2*-1;;;2*+2/p-2. The number of rotatable bonds is 4. The van der Waals surface area contributed by atoms with Gasteiger partial charge in [0.05, 0.1) is 0 Å². The summed E-state index contributed by atoms with van der Waals surface area (Å²) < 4.78 is 0. The van der Waals surface area contributed by atoms with Crippen LogP contribution >= 0.6 is 0 Å². The van der Waals surface area contributed by atoms with Crippen molar-refractivity contribution in [3.8, 4) is 22.3 Å². The SMILES string of the molecule is CC(C)(C)c1c[c-]c2c(c1)-c1cc(C(C)(C)C)ccc1C2.CC(C)(C)c1c[c-]c2c(c1)-c1cc(C(C)(C)C)ccc1C2.Cc1cccc([Si](=[Zr+2])c2cccc(C)c2)c1.Cc1cccc([Si](=[Zr+2])c2cccc(C)c2)c1.[C-]1=CC=CC1.[C-]1=CC=CC1.[Cl-].[Cl-]. The van der Waals surface area contributed by atoms with Crippen molar-refractivity contribution in [1.29, 1.82) is 0 Å². The summed E-state index contributed by atoms with van der Waals surface area (Å²) in [4.78, 5) is 0. The molecule has 86 heavy (non-hydrogen) atoms. The Morgan fingerprint density at radius 1 is 0.360 bits per heavy atom. The maximum atomic E-state index is 3.53. The Labute approximate surface area is 563 Å². The van der Waals surface area contributed by atoms with E-state index in [1.54, 1.807) is 46.7 Å². The van der Waals surface area contributed by atoms with Crippen LogP contribution in [0.3, 0.4) is 0 Å². The number of hydrogen-bond donors (Lipinski definition) is 0. The van der Waals surface area contributed by atoms with Crippen LogP contribution in [-0.4, -0.2) is 10.9 Å². The van der Waals surface area contributed by atoms with Gasteiger partial charge >= 0.3 is 225 Å². The Morgan fingerprint density at radius 3 is 0.884 bits per heavy atom. The normalized spacial score (nSPS) is 12.7. The van der Waals surface area contributed by atoms with Crippen molar-refractivity contribution in [2.45, 2.75) is 158 Å². The van der Waals surface area contributed by atoms with E-state index in [4.69, 9.17) is 0 Å². The second-order valence-corrected chi connectivity index (χ2v) is 38.1. The van der Waals surface area contributed by atoms with Crippen molar-refractivity contribution >= 4 is 31.6 Å². The van der Waals surface area contributed by atoms with Crippen LogP contribution < -0.4 is 45.6 Å². The summed E-state index contributed by atoms with van der Waals surface area (Å²) in [6.45, 7) is 36.0. The fraction of sp³-hybridized carbons (Fsp3) is 0.300. The van der Waals surface area contributed by atoms with Gasteiger partial charge in [-0.05, 0) is 34.8 Å². The molecule has 0 fully saturated rings. The van der Waals surface area contributed by atoms with Gasteiger partial charge in [0.2, 0.25) is 0 Å². The molecule has 0 amide bonds. The van der Waals surface area contributed by atoms with E-state index < -0.39 is 10.9 Å². The molecule has 0 spiro atoms. The third kappa shape index (κ3) is 20.8. The average Bonchev–Trinajstić information content (AvgIpc) is 1.75. The number of aryl methyl sites for hydroxylation is 4. The maximum Gasteiger partial charge on any atom is -0.109 e. The first-order valence-corrected chi connectivity index (χ1v) is 40.3. The van der Waals surface area contributed by atoms with Crippen molar-refractivity contribution in [2.75, 3.05) is 0 Å². The van der Waals surface area contributed by atoms with Gasteiger partial charge in [0.15, 0.2) is 0 Å². The summed E-state index contributed by atoms with van der Waals surface area (Å²) in [5.74, 6) is 0. The summed E-state index contributed by atoms with van der Waals surface area (Å²) in [6.07, 6.45) is 22.1. The molecule has 4 aliphatic rings. The van der Waals surface area contributed by atoms with Crippen LogP contribution in [0.15, 0.2) is 194 Å². The van der Waals surface area contributed by atoms with E-state index in [0.29, 0.717) is 0 Å². The van der Waals surface area contributed by atoms with Crippen molar-refractivity contribution in [2.24, 2.45) is 0 Å². The molecule has 8 aromatic carbocycles. The van der Waals surface area contributed by atoms with Gasteiger partial charge in [-0.25, -0.2) is 24.3 Å². The fourth-order valence-corrected chi connectivity index (χ4v) is 18.0. The first kappa shape index (κ1) is 72.2. The molecule has 0 aliphatic heterocycles. The molecule has 0 N–H and O–H groups in total. The van der Waals surface area contributed by atoms with Gasteiger partial charge in [-0.2, -0.15) is 70.8 Å². The molecule has 0 heterocycles. The third-order valence-electron chi connectivity index (χ3n) is 15.5. The monoisotopic (exact) mass is 1350 g/mol. The minimum Gasteiger partial charge on any atom is -1.00 e. The van der Waals surface area contributed by atoms with Gasteiger partial charge < -0.3 is 24.8 Å². The van der Waals surface area contributed by atoms with E-state index in [9.17, 15) is 0 Å². The Hall–Kier alpha value is -4.50. The Kier molecular flexibility index (Phi) is 27.1. The zero-order chi connectivity index (χ0) is 61.0. The molecule has 0 aromatic heterocycles. The summed E-state index contributed by atoms with van der Waals surface area (Å²) in [7, 11) is 0. The van der Waals surface area contributed by atoms with Crippen LogP contribution in [0.4, 0.5) is 0 Å². The van der Waals surface area contributed by atoms with Gasteiger partial charge in [-0.3, -0.25) is 12.2 Å². The van der Waals surface area contributed by atoms with Crippen LogP contribution in [0.2, 0.25) is 0 Å². The fourth-order valence-electron chi connectivity index (χ4n) is 10.2. The van der Waals surface area contributed by atoms with Gasteiger partial charge in [0, 0.05) is 0 Å². The number of halogens is 2. The largest absolute Gasteiger partial charge is 1.00 e. The van der Waals surface area contributed by atoms with Crippen molar-refractivity contribution in [3.05, 3.63) is 285 Å². The van der Waals surface area contributed by atoms with E-state index in [0.717, 1.165) is 25.7 Å². The molecule has 0 unspecified atom stereocenters. The minimum atomic E-state index is -0.499. The first-order chi connectivity index (χ1) is 39.6. The molecule has 0 atom stereocenters. The van der Waals surface area contributed by atoms with E-state index in [-0.39, 0.29) is 46.5 Å². The van der Waals surface area contributed by atoms with Gasteiger partial charge in [-0.15, -0.1) is 24.0 Å². The number of allylic oxidation sites excluding steroid dienone is 8. The minimum absolute atomic E-state index is 0. The Morgan fingerprint density at radius 2 is 0.651 bits per heavy atom. The maximum absolute atomic E-state index is 3.53. The summed E-state index contributed by atoms with van der Waals surface area (Å²) in [5.41, 5.74) is 22.0. The molecule has 8 aromatic rings. The second kappa shape index (κ2) is 32.3. The van der Waals surface area contributed by atoms with Gasteiger partial charge in [-0.1, -0.05) is 153 Å². The van der Waals surface area contributed by atoms with E-state index in [2.05, 4.69) is 305 Å². The van der Waals surface area contributed by atoms with Gasteiger partial charge in [0.25, 0.3) is 0 Å². The van der Waals surface area contributed by atoms with E-state index in [1.807, 2.05) is 24.3 Å². The number of benzene rings is 8. The van der Waals surface area contributed by atoms with Gasteiger partial charge in [0.1, 0.15) is 0 Å². The molecule has 0 radical (unpaired) electrons. The predicted molar refractivity (Wildman–Crippen MR) is 360 cm³/mol. The van der Waals surface area contributed by atoms with E-state index >= 15 is 0 Å². The van der Waals surface area contributed by atoms with Crippen LogP contribution in [-0.2, 0) is 81.2 Å². The molecule has 6 heteroatoms. The average molecular weight is 1360 g/mol. The zero-order valence-corrected chi connectivity index (χ0v) is 62.5. The van der Waals surface area contributed by atoms with E-state index in [1.165, 1.54) is 110 Å². The zero-order valence-electron chi connectivity index (χ0n) is 54.1. The third-order valence-corrected chi connectivity index (χ3v) is 27.5. The molecule has 0 bridgehead atoms. The summed E-state index contributed by atoms with van der Waals surface area (Å²) in [5, 5.41) is 6.14. The molecule has 4 aliphatic carbocycles. The second-order valence-electron chi connectivity index (χ2n) is 26.9. The summed E-state index contributed by atoms with van der Waals surface area (Å²) in [6, 6.07) is 66.0. The summed E-state index contributed by atoms with van der Waals surface area (Å²) >= 11 is 3.30. The number of hydrogen-bond acceptors (Lipinski definition) is 0. The smallest absolute Gasteiger partial charge is 0.109 e. The first-order valence-electron chi connectivity index (χ1n) is 29.9. The van der Waals surface area contributed by atoms with Crippen molar-refractivity contribution in [1.82, 2.24) is 0 Å². The number of fused-ring (bicyclic) bond motifs is 6. The van der Waals surface area contributed by atoms with Crippen LogP contribution in [0.5, 0.6) is 0 Å². The van der Waals surface area contributed by atoms with Crippen LogP contribution in [0, 0.1) is 52.0 Å². The molecule has 0 nitrogen and oxygen atoms in total. The molecule has 440 valence electrons. The Balaban J connectivity index is 0.000000198.